The van der Waals surface area contributed by atoms with Crippen LogP contribution in [-0.2, 0) is 19.4 Å². The molecule has 0 aliphatic carbocycles. The molecule has 1 N–H and O–H groups in total. The number of hydrogen-bond acceptors (Lipinski definition) is 3. The number of aromatic nitrogens is 2. The lowest BCUT2D eigenvalue weighted by Crippen LogP contribution is -2.45. The SMILES string of the molecule is CCc1cc(CC)n(CCC(C)(C#N)NC(C)C)n1. The first-order valence-corrected chi connectivity index (χ1v) is 7.18. The molecule has 106 valence electrons. The molecular weight excluding hydrogens is 236 g/mol. The minimum absolute atomic E-state index is 0.305. The quantitative estimate of drug-likeness (QED) is 0.822. The molecule has 0 amide bonds. The number of aryl methyl sites for hydroxylation is 3. The highest BCUT2D eigenvalue weighted by Crippen LogP contribution is 2.14. The molecule has 1 rings (SSSR count). The van der Waals surface area contributed by atoms with Crippen molar-refractivity contribution in [1.29, 1.82) is 5.26 Å². The van der Waals surface area contributed by atoms with Crippen LogP contribution in [0.5, 0.6) is 0 Å². The number of nitriles is 1. The zero-order chi connectivity index (χ0) is 14.5. The van der Waals surface area contributed by atoms with Gasteiger partial charge in [-0.2, -0.15) is 10.4 Å². The lowest BCUT2D eigenvalue weighted by molar-refractivity contribution is 0.352. The molecule has 4 nitrogen and oxygen atoms in total. The Labute approximate surface area is 116 Å². The predicted molar refractivity (Wildman–Crippen MR) is 77.9 cm³/mol. The van der Waals surface area contributed by atoms with Crippen LogP contribution in [0.1, 0.15) is 52.4 Å². The number of hydrogen-bond donors (Lipinski definition) is 1. The van der Waals surface area contributed by atoms with Gasteiger partial charge in [-0.15, -0.1) is 0 Å². The minimum Gasteiger partial charge on any atom is -0.297 e. The summed E-state index contributed by atoms with van der Waals surface area (Å²) >= 11 is 0. The molecule has 0 aliphatic rings. The highest BCUT2D eigenvalue weighted by Gasteiger charge is 2.24. The molecule has 1 heterocycles. The zero-order valence-corrected chi connectivity index (χ0v) is 12.8. The summed E-state index contributed by atoms with van der Waals surface area (Å²) in [6, 6.07) is 4.86. The maximum Gasteiger partial charge on any atom is 0.105 e. The molecule has 0 radical (unpaired) electrons. The Morgan fingerprint density at radius 3 is 2.58 bits per heavy atom. The summed E-state index contributed by atoms with van der Waals surface area (Å²) in [4.78, 5) is 0. The third-order valence-electron chi connectivity index (χ3n) is 3.32. The first-order valence-electron chi connectivity index (χ1n) is 7.18. The van der Waals surface area contributed by atoms with Gasteiger partial charge in [0.05, 0.1) is 11.8 Å². The predicted octanol–water partition coefficient (Wildman–Crippen LogP) is 2.68. The Bertz CT molecular complexity index is 441. The van der Waals surface area contributed by atoms with Crippen molar-refractivity contribution >= 4 is 0 Å². The van der Waals surface area contributed by atoms with Crippen LogP contribution in [-0.4, -0.2) is 21.4 Å². The lowest BCUT2D eigenvalue weighted by Gasteiger charge is -2.26. The van der Waals surface area contributed by atoms with Crippen molar-refractivity contribution < 1.29 is 0 Å². The summed E-state index contributed by atoms with van der Waals surface area (Å²) in [6.45, 7) is 11.1. The topological polar surface area (TPSA) is 53.6 Å². The Balaban J connectivity index is 2.74. The Morgan fingerprint density at radius 1 is 1.42 bits per heavy atom. The van der Waals surface area contributed by atoms with E-state index in [1.807, 2.05) is 6.92 Å². The number of nitrogens with zero attached hydrogens (tertiary/aromatic N) is 3. The molecule has 1 aromatic rings. The van der Waals surface area contributed by atoms with Crippen LogP contribution in [0.3, 0.4) is 0 Å². The molecule has 0 bridgehead atoms. The molecule has 1 aromatic heterocycles. The molecule has 0 aliphatic heterocycles. The summed E-state index contributed by atoms with van der Waals surface area (Å²) < 4.78 is 2.05. The van der Waals surface area contributed by atoms with E-state index in [1.54, 1.807) is 0 Å². The molecule has 1 atom stereocenters. The van der Waals surface area contributed by atoms with Gasteiger partial charge in [-0.3, -0.25) is 10.00 Å². The van der Waals surface area contributed by atoms with Gasteiger partial charge < -0.3 is 0 Å². The number of nitrogens with one attached hydrogen (secondary N) is 1. The van der Waals surface area contributed by atoms with Crippen LogP contribution in [0, 0.1) is 11.3 Å². The summed E-state index contributed by atoms with van der Waals surface area (Å²) in [5.74, 6) is 0. The van der Waals surface area contributed by atoms with Crippen molar-refractivity contribution in [3.8, 4) is 6.07 Å². The van der Waals surface area contributed by atoms with E-state index in [2.05, 4.69) is 54.9 Å². The highest BCUT2D eigenvalue weighted by atomic mass is 15.3. The van der Waals surface area contributed by atoms with Crippen LogP contribution in [0.15, 0.2) is 6.07 Å². The third kappa shape index (κ3) is 4.36. The molecule has 0 spiro atoms. The van der Waals surface area contributed by atoms with E-state index < -0.39 is 5.54 Å². The van der Waals surface area contributed by atoms with E-state index >= 15 is 0 Å². The molecule has 19 heavy (non-hydrogen) atoms. The first-order chi connectivity index (χ1) is 8.94. The zero-order valence-electron chi connectivity index (χ0n) is 12.8. The van der Waals surface area contributed by atoms with E-state index in [0.717, 1.165) is 31.5 Å². The molecule has 0 saturated heterocycles. The van der Waals surface area contributed by atoms with Crippen LogP contribution in [0.4, 0.5) is 0 Å². The van der Waals surface area contributed by atoms with Gasteiger partial charge >= 0.3 is 0 Å². The third-order valence-corrected chi connectivity index (χ3v) is 3.32. The molecule has 1 unspecified atom stereocenters. The van der Waals surface area contributed by atoms with Crippen molar-refractivity contribution in [1.82, 2.24) is 15.1 Å². The second kappa shape index (κ2) is 6.72. The maximum absolute atomic E-state index is 9.35. The van der Waals surface area contributed by atoms with Crippen LogP contribution in [0.2, 0.25) is 0 Å². The fourth-order valence-corrected chi connectivity index (χ4v) is 2.29. The van der Waals surface area contributed by atoms with Crippen LogP contribution < -0.4 is 5.32 Å². The first kappa shape index (κ1) is 15.7. The maximum atomic E-state index is 9.35. The smallest absolute Gasteiger partial charge is 0.105 e. The van der Waals surface area contributed by atoms with Crippen molar-refractivity contribution in [2.75, 3.05) is 0 Å². The van der Waals surface area contributed by atoms with Crippen molar-refractivity contribution in [3.05, 3.63) is 17.5 Å². The fourth-order valence-electron chi connectivity index (χ4n) is 2.29. The molecular formula is C15H26N4. The van der Waals surface area contributed by atoms with Gasteiger partial charge in [0.1, 0.15) is 5.54 Å². The van der Waals surface area contributed by atoms with Gasteiger partial charge in [0.15, 0.2) is 0 Å². The van der Waals surface area contributed by atoms with Crippen molar-refractivity contribution in [2.24, 2.45) is 0 Å². The normalized spacial score (nSPS) is 14.4. The van der Waals surface area contributed by atoms with Gasteiger partial charge in [0.2, 0.25) is 0 Å². The van der Waals surface area contributed by atoms with Crippen molar-refractivity contribution in [3.63, 3.8) is 0 Å². The second-order valence-electron chi connectivity index (χ2n) is 5.55. The Kier molecular flexibility index (Phi) is 5.56. The number of rotatable bonds is 7. The van der Waals surface area contributed by atoms with Crippen LogP contribution in [0.25, 0.3) is 0 Å². The fraction of sp³-hybridized carbons (Fsp3) is 0.733. The molecule has 0 fully saturated rings. The van der Waals surface area contributed by atoms with Gasteiger partial charge in [-0.25, -0.2) is 0 Å². The molecule has 4 heteroatoms. The largest absolute Gasteiger partial charge is 0.297 e. The van der Waals surface area contributed by atoms with E-state index in [9.17, 15) is 5.26 Å². The van der Waals surface area contributed by atoms with E-state index in [-0.39, 0.29) is 0 Å². The minimum atomic E-state index is -0.489. The highest BCUT2D eigenvalue weighted by molar-refractivity contribution is 5.11. The summed E-state index contributed by atoms with van der Waals surface area (Å²) in [5.41, 5.74) is 1.89. The van der Waals surface area contributed by atoms with E-state index in [4.69, 9.17) is 0 Å². The van der Waals surface area contributed by atoms with Gasteiger partial charge in [0, 0.05) is 18.3 Å². The summed E-state index contributed by atoms with van der Waals surface area (Å²) in [5, 5.41) is 17.3. The molecule has 0 saturated carbocycles. The summed E-state index contributed by atoms with van der Waals surface area (Å²) in [6.07, 6.45) is 2.70. The molecule has 0 aromatic carbocycles. The van der Waals surface area contributed by atoms with E-state index in [0.29, 0.717) is 6.04 Å². The standard InChI is InChI=1S/C15H26N4/c1-6-13-10-14(7-2)19(18-13)9-8-15(5,11-16)17-12(3)4/h10,12,17H,6-9H2,1-5H3. The lowest BCUT2D eigenvalue weighted by atomic mass is 9.99. The van der Waals surface area contributed by atoms with Gasteiger partial charge in [0.25, 0.3) is 0 Å². The average Bonchev–Trinajstić information content (AvgIpc) is 2.78. The van der Waals surface area contributed by atoms with Crippen molar-refractivity contribution in [2.45, 2.75) is 72.0 Å². The van der Waals surface area contributed by atoms with Crippen LogP contribution >= 0.6 is 0 Å². The van der Waals surface area contributed by atoms with E-state index in [1.165, 1.54) is 5.69 Å². The summed E-state index contributed by atoms with van der Waals surface area (Å²) in [7, 11) is 0. The average molecular weight is 262 g/mol. The second-order valence-corrected chi connectivity index (χ2v) is 5.55. The van der Waals surface area contributed by atoms with Gasteiger partial charge in [-0.05, 0) is 46.1 Å². The Morgan fingerprint density at radius 2 is 2.11 bits per heavy atom. The van der Waals surface area contributed by atoms with Gasteiger partial charge in [-0.1, -0.05) is 13.8 Å². The monoisotopic (exact) mass is 262 g/mol. The Hall–Kier alpha value is -1.34.